The summed E-state index contributed by atoms with van der Waals surface area (Å²) in [4.78, 5) is 39.2. The topological polar surface area (TPSA) is 80.6 Å². The Balaban J connectivity index is 1.41. The summed E-state index contributed by atoms with van der Waals surface area (Å²) in [6, 6.07) is 10.3. The molecule has 0 radical (unpaired) electrons. The number of ether oxygens (including phenoxy) is 1. The fourth-order valence-corrected chi connectivity index (χ4v) is 5.74. The van der Waals surface area contributed by atoms with Crippen LogP contribution in [-0.2, 0) is 10.3 Å². The van der Waals surface area contributed by atoms with E-state index in [1.807, 2.05) is 41.8 Å². The van der Waals surface area contributed by atoms with Crippen molar-refractivity contribution >= 4 is 40.3 Å². The van der Waals surface area contributed by atoms with Gasteiger partial charge >= 0.3 is 5.97 Å². The van der Waals surface area contributed by atoms with Gasteiger partial charge in [0.15, 0.2) is 0 Å². The minimum absolute atomic E-state index is 0.0535. The van der Waals surface area contributed by atoms with E-state index in [0.717, 1.165) is 28.8 Å². The number of likely N-dealkylation sites (N-methyl/N-ethyl adjacent to an activating group) is 1. The average molecular weight is 592 g/mol. The number of halogens is 2. The number of pyridine rings is 2. The summed E-state index contributed by atoms with van der Waals surface area (Å²) in [6.45, 7) is 10.9. The highest BCUT2D eigenvalue weighted by Crippen LogP contribution is 2.35. The Labute approximate surface area is 250 Å². The van der Waals surface area contributed by atoms with E-state index in [1.54, 1.807) is 25.1 Å². The highest BCUT2D eigenvalue weighted by Gasteiger charge is 2.32. The summed E-state index contributed by atoms with van der Waals surface area (Å²) in [5, 5.41) is 0.896. The van der Waals surface area contributed by atoms with Gasteiger partial charge in [-0.2, -0.15) is 0 Å². The number of aryl methyl sites for hydroxylation is 2. The molecule has 1 saturated heterocycles. The van der Waals surface area contributed by atoms with Gasteiger partial charge in [-0.25, -0.2) is 19.2 Å². The van der Waals surface area contributed by atoms with E-state index < -0.39 is 11.8 Å². The second-order valence-electron chi connectivity index (χ2n) is 11.8. The largest absolute Gasteiger partial charge is 0.465 e. The van der Waals surface area contributed by atoms with Crippen LogP contribution in [-0.4, -0.2) is 64.6 Å². The second kappa shape index (κ2) is 11.0. The average Bonchev–Trinajstić information content (AvgIpc) is 3.58. The number of anilines is 1. The first kappa shape index (κ1) is 29.5. The summed E-state index contributed by atoms with van der Waals surface area (Å²) >= 11 is 5.93. The Kier molecular flexibility index (Phi) is 7.74. The van der Waals surface area contributed by atoms with Crippen molar-refractivity contribution in [3.8, 4) is 11.1 Å². The molecule has 1 aromatic carbocycles. The molecule has 8 nitrogen and oxygen atoms in total. The molecule has 1 aliphatic rings. The third-order valence-electron chi connectivity index (χ3n) is 7.96. The third-order valence-corrected chi connectivity index (χ3v) is 8.26. The van der Waals surface area contributed by atoms with Gasteiger partial charge in [0.2, 0.25) is 0 Å². The number of fused-ring (bicyclic) bond motifs is 1. The Morgan fingerprint density at radius 2 is 1.86 bits per heavy atom. The molecular formula is C32H35ClFN5O3. The molecule has 0 unspecified atom stereocenters. The highest BCUT2D eigenvalue weighted by molar-refractivity contribution is 6.30. The standard InChI is InChI=1S/C32H35ClFN5O3/c1-18-14-27(35-19(2)28(18)31(41)42-7)37(6)21-12-13-38(16-21)30(40)26-11-9-22-23(20-8-10-24(33)25(34)15-20)17-39(29(22)36-26)32(3,4)5/h8-11,14-15,17,21H,12-13,16H2,1-7H3/t21-/m0/s1. The highest BCUT2D eigenvalue weighted by atomic mass is 35.5. The lowest BCUT2D eigenvalue weighted by atomic mass is 10.1. The zero-order valence-electron chi connectivity index (χ0n) is 25.0. The van der Waals surface area contributed by atoms with Crippen LogP contribution in [0, 0.1) is 19.7 Å². The van der Waals surface area contributed by atoms with E-state index in [1.165, 1.54) is 13.2 Å². The van der Waals surface area contributed by atoms with Crippen molar-refractivity contribution in [2.45, 2.75) is 52.6 Å². The van der Waals surface area contributed by atoms with Crippen LogP contribution in [0.5, 0.6) is 0 Å². The van der Waals surface area contributed by atoms with Gasteiger partial charge in [-0.1, -0.05) is 17.7 Å². The lowest BCUT2D eigenvalue weighted by Crippen LogP contribution is -2.37. The van der Waals surface area contributed by atoms with Gasteiger partial charge in [-0.05, 0) is 82.5 Å². The van der Waals surface area contributed by atoms with Crippen LogP contribution in [0.15, 0.2) is 42.6 Å². The molecule has 4 aromatic rings. The summed E-state index contributed by atoms with van der Waals surface area (Å²) in [6.07, 6.45) is 2.73. The maximum absolute atomic E-state index is 14.3. The van der Waals surface area contributed by atoms with Gasteiger partial charge in [-0.3, -0.25) is 4.79 Å². The molecule has 0 N–H and O–H groups in total. The molecule has 5 rings (SSSR count). The van der Waals surface area contributed by atoms with Crippen LogP contribution in [0.2, 0.25) is 5.02 Å². The lowest BCUT2D eigenvalue weighted by Gasteiger charge is -2.27. The summed E-state index contributed by atoms with van der Waals surface area (Å²) in [5.74, 6) is -0.293. The molecular weight excluding hydrogens is 557 g/mol. The number of hydrogen-bond acceptors (Lipinski definition) is 6. The maximum atomic E-state index is 14.3. The fourth-order valence-electron chi connectivity index (χ4n) is 5.62. The van der Waals surface area contributed by atoms with Crippen LogP contribution in [0.4, 0.5) is 10.2 Å². The van der Waals surface area contributed by atoms with Gasteiger partial charge in [0.1, 0.15) is 23.0 Å². The molecule has 0 aliphatic carbocycles. The van der Waals surface area contributed by atoms with Crippen molar-refractivity contribution in [1.82, 2.24) is 19.4 Å². The van der Waals surface area contributed by atoms with Crippen molar-refractivity contribution in [3.63, 3.8) is 0 Å². The van der Waals surface area contributed by atoms with Crippen LogP contribution in [0.1, 0.15) is 59.3 Å². The molecule has 0 bridgehead atoms. The Bertz CT molecular complexity index is 1690. The summed E-state index contributed by atoms with van der Waals surface area (Å²) < 4.78 is 21.2. The SMILES string of the molecule is COC(=O)c1c(C)cc(N(C)[C@H]2CCN(C(=O)c3ccc4c(-c5ccc(Cl)c(F)c5)cn(C(C)(C)C)c4n3)C2)nc1C. The number of benzene rings is 1. The van der Waals surface area contributed by atoms with Crippen LogP contribution >= 0.6 is 11.6 Å². The van der Waals surface area contributed by atoms with E-state index in [-0.39, 0.29) is 22.5 Å². The van der Waals surface area contributed by atoms with Crippen molar-refractivity contribution in [1.29, 1.82) is 0 Å². The molecule has 10 heteroatoms. The molecule has 220 valence electrons. The number of nitrogens with zero attached hydrogens (tertiary/aromatic N) is 5. The number of likely N-dealkylation sites (tertiary alicyclic amines) is 1. The van der Waals surface area contributed by atoms with Crippen LogP contribution < -0.4 is 4.90 Å². The van der Waals surface area contributed by atoms with Crippen molar-refractivity contribution in [2.24, 2.45) is 0 Å². The molecule has 1 fully saturated rings. The fraction of sp³-hybridized carbons (Fsp3) is 0.375. The minimum atomic E-state index is -0.487. The zero-order valence-corrected chi connectivity index (χ0v) is 25.7. The number of aromatic nitrogens is 3. The molecule has 0 spiro atoms. The van der Waals surface area contributed by atoms with E-state index in [4.69, 9.17) is 21.3 Å². The number of esters is 1. The third kappa shape index (κ3) is 5.33. The molecule has 0 saturated carbocycles. The van der Waals surface area contributed by atoms with Gasteiger partial charge in [0, 0.05) is 48.9 Å². The smallest absolute Gasteiger partial charge is 0.339 e. The second-order valence-corrected chi connectivity index (χ2v) is 12.2. The first-order chi connectivity index (χ1) is 19.8. The Morgan fingerprint density at radius 3 is 2.50 bits per heavy atom. The van der Waals surface area contributed by atoms with Crippen molar-refractivity contribution < 1.29 is 18.7 Å². The molecule has 1 aliphatic heterocycles. The molecule has 3 aromatic heterocycles. The number of amides is 1. The van der Waals surface area contributed by atoms with Gasteiger partial charge < -0.3 is 19.1 Å². The quantitative estimate of drug-likeness (QED) is 0.250. The number of carbonyl (C=O) groups excluding carboxylic acids is 2. The predicted molar refractivity (Wildman–Crippen MR) is 163 cm³/mol. The first-order valence-electron chi connectivity index (χ1n) is 13.9. The van der Waals surface area contributed by atoms with Crippen molar-refractivity contribution in [2.75, 3.05) is 32.1 Å². The Hall–Kier alpha value is -3.98. The van der Waals surface area contributed by atoms with E-state index in [9.17, 15) is 14.0 Å². The zero-order chi connectivity index (χ0) is 30.5. The summed E-state index contributed by atoms with van der Waals surface area (Å²) in [5.41, 5.74) is 4.07. The normalized spacial score (nSPS) is 15.4. The number of carbonyl (C=O) groups is 2. The van der Waals surface area contributed by atoms with E-state index in [0.29, 0.717) is 41.3 Å². The molecule has 42 heavy (non-hydrogen) atoms. The molecule has 1 amide bonds. The number of methoxy groups -OCH3 is 1. The number of hydrogen-bond donors (Lipinski definition) is 0. The van der Waals surface area contributed by atoms with Gasteiger partial charge in [0.05, 0.1) is 23.4 Å². The monoisotopic (exact) mass is 591 g/mol. The lowest BCUT2D eigenvalue weighted by molar-refractivity contribution is 0.0598. The van der Waals surface area contributed by atoms with E-state index in [2.05, 4.69) is 30.7 Å². The molecule has 1 atom stereocenters. The minimum Gasteiger partial charge on any atom is -0.465 e. The maximum Gasteiger partial charge on any atom is 0.339 e. The van der Waals surface area contributed by atoms with Gasteiger partial charge in [0.25, 0.3) is 5.91 Å². The van der Waals surface area contributed by atoms with Crippen LogP contribution in [0.25, 0.3) is 22.2 Å². The van der Waals surface area contributed by atoms with Crippen molar-refractivity contribution in [3.05, 3.63) is 75.9 Å². The predicted octanol–water partition coefficient (Wildman–Crippen LogP) is 6.40. The van der Waals surface area contributed by atoms with Gasteiger partial charge in [-0.15, -0.1) is 0 Å². The Morgan fingerprint density at radius 1 is 1.12 bits per heavy atom. The first-order valence-corrected chi connectivity index (χ1v) is 14.2. The number of rotatable bonds is 5. The van der Waals surface area contributed by atoms with Crippen LogP contribution in [0.3, 0.4) is 0 Å². The van der Waals surface area contributed by atoms with E-state index >= 15 is 0 Å². The summed E-state index contributed by atoms with van der Waals surface area (Å²) in [7, 11) is 3.32. The molecule has 4 heterocycles.